The summed E-state index contributed by atoms with van der Waals surface area (Å²) in [5.74, 6) is -6.70. The van der Waals surface area contributed by atoms with Gasteiger partial charge in [-0.3, -0.25) is 4.79 Å². The number of aliphatic hydroxyl groups is 1. The third-order valence-corrected chi connectivity index (χ3v) is 10.7. The number of carboxylic acid groups (broad SMARTS) is 5. The van der Waals surface area contributed by atoms with E-state index in [1.165, 1.54) is 16.8 Å². The molecule has 0 spiro atoms. The normalized spacial score (nSPS) is 11.7. The molecule has 0 radical (unpaired) electrons. The van der Waals surface area contributed by atoms with Gasteiger partial charge in [0.05, 0.1) is 37.5 Å². The Hall–Kier alpha value is -6.69. The summed E-state index contributed by atoms with van der Waals surface area (Å²) < 4.78 is 24.4. The summed E-state index contributed by atoms with van der Waals surface area (Å²) in [5, 5.41) is 66.5. The Morgan fingerprint density at radius 3 is 1.34 bits per heavy atom. The molecular weight excluding hydrogens is 847 g/mol. The number of carboxylic acids is 5. The highest BCUT2D eigenvalue weighted by molar-refractivity contribution is 5.98. The number of carbonyl (C=O) groups is 5. The van der Waals surface area contributed by atoms with Gasteiger partial charge in [0.1, 0.15) is 57.6 Å². The standard InChI is InChI=1S/C47H59N3O15/c1-47(2,46(60)61)28-37(31-18-12-11-13-19-31)50-29-32(48-49-50)30-65-41-27-35(44(56)57)40(26-36(41)45(58)59)64-23-17-10-6-5-9-16-22-63-39-25-33(42(52)53)38(24-34(39)43(54)55)62-21-15-8-4-3-7-14-20-51/h11-13,18-19,24-27,29,37,51H,3-10,14-17,20-23,28,30H2,1-2H3,(H,52,53)(H,54,55)(H,56,57)(H,58,59)(H,60,61). The van der Waals surface area contributed by atoms with Crippen LogP contribution in [-0.2, 0) is 11.4 Å². The largest absolute Gasteiger partial charge is 0.493 e. The van der Waals surface area contributed by atoms with Crippen LogP contribution >= 0.6 is 0 Å². The molecular formula is C47H59N3O15. The van der Waals surface area contributed by atoms with Gasteiger partial charge in [0, 0.05) is 6.61 Å². The molecule has 18 nitrogen and oxygen atoms in total. The van der Waals surface area contributed by atoms with Gasteiger partial charge >= 0.3 is 29.8 Å². The number of rotatable bonds is 32. The van der Waals surface area contributed by atoms with E-state index in [-0.39, 0.29) is 84.7 Å². The monoisotopic (exact) mass is 905 g/mol. The lowest BCUT2D eigenvalue weighted by Gasteiger charge is -2.26. The van der Waals surface area contributed by atoms with Crippen molar-refractivity contribution in [3.63, 3.8) is 0 Å². The molecule has 65 heavy (non-hydrogen) atoms. The molecule has 4 rings (SSSR count). The topological polar surface area (TPSA) is 274 Å². The van der Waals surface area contributed by atoms with E-state index < -0.39 is 41.3 Å². The second-order valence-electron chi connectivity index (χ2n) is 16.2. The molecule has 0 aliphatic heterocycles. The first-order valence-corrected chi connectivity index (χ1v) is 21.7. The van der Waals surface area contributed by atoms with Gasteiger partial charge in [0.2, 0.25) is 0 Å². The fourth-order valence-corrected chi connectivity index (χ4v) is 6.94. The molecule has 1 aromatic heterocycles. The molecule has 1 unspecified atom stereocenters. The van der Waals surface area contributed by atoms with Crippen LogP contribution in [0.4, 0.5) is 0 Å². The average molecular weight is 906 g/mol. The molecule has 0 aliphatic rings. The maximum absolute atomic E-state index is 12.3. The highest BCUT2D eigenvalue weighted by atomic mass is 16.5. The Labute approximate surface area is 376 Å². The first-order valence-electron chi connectivity index (χ1n) is 21.7. The average Bonchev–Trinajstić information content (AvgIpc) is 3.75. The number of hydrogen-bond acceptors (Lipinski definition) is 12. The lowest BCUT2D eigenvalue weighted by molar-refractivity contribution is -0.147. The van der Waals surface area contributed by atoms with E-state index in [4.69, 9.17) is 24.1 Å². The number of benzene rings is 3. The van der Waals surface area contributed by atoms with Gasteiger partial charge in [-0.2, -0.15) is 0 Å². The van der Waals surface area contributed by atoms with Crippen molar-refractivity contribution < 1.29 is 73.6 Å². The van der Waals surface area contributed by atoms with Crippen molar-refractivity contribution in [2.24, 2.45) is 5.41 Å². The van der Waals surface area contributed by atoms with Crippen LogP contribution in [0.25, 0.3) is 0 Å². The highest BCUT2D eigenvalue weighted by Crippen LogP contribution is 2.34. The fraction of sp³-hybridized carbons (Fsp3) is 0.468. The minimum atomic E-state index is -1.37. The van der Waals surface area contributed by atoms with Crippen LogP contribution in [0.1, 0.15) is 156 Å². The van der Waals surface area contributed by atoms with E-state index in [1.807, 2.05) is 30.3 Å². The number of unbranched alkanes of at least 4 members (excludes halogenated alkanes) is 10. The number of aliphatic hydroxyl groups excluding tert-OH is 1. The van der Waals surface area contributed by atoms with Crippen LogP contribution in [0, 0.1) is 5.41 Å². The quantitative estimate of drug-likeness (QED) is 0.0252. The van der Waals surface area contributed by atoms with E-state index in [0.29, 0.717) is 31.4 Å². The number of aromatic nitrogens is 3. The van der Waals surface area contributed by atoms with Gasteiger partial charge in [-0.1, -0.05) is 86.9 Å². The van der Waals surface area contributed by atoms with Crippen LogP contribution in [0.2, 0.25) is 0 Å². The first kappa shape index (κ1) is 50.9. The Balaban J connectivity index is 1.25. The van der Waals surface area contributed by atoms with Crippen LogP contribution < -0.4 is 18.9 Å². The van der Waals surface area contributed by atoms with Gasteiger partial charge in [0.25, 0.3) is 0 Å². The zero-order valence-corrected chi connectivity index (χ0v) is 36.8. The summed E-state index contributed by atoms with van der Waals surface area (Å²) in [4.78, 5) is 60.4. The van der Waals surface area contributed by atoms with Gasteiger partial charge in [-0.05, 0) is 75.8 Å². The third kappa shape index (κ3) is 15.8. The van der Waals surface area contributed by atoms with Crippen molar-refractivity contribution in [1.82, 2.24) is 15.0 Å². The maximum atomic E-state index is 12.3. The summed E-state index contributed by atoms with van der Waals surface area (Å²) in [6.07, 6.45) is 11.0. The van der Waals surface area contributed by atoms with Gasteiger partial charge < -0.3 is 49.6 Å². The molecule has 6 N–H and O–H groups in total. The lowest BCUT2D eigenvalue weighted by Crippen LogP contribution is -2.28. The summed E-state index contributed by atoms with van der Waals surface area (Å²) in [5.41, 5.74) is -1.01. The van der Waals surface area contributed by atoms with Crippen molar-refractivity contribution in [1.29, 1.82) is 0 Å². The molecule has 0 saturated heterocycles. The summed E-state index contributed by atoms with van der Waals surface area (Å²) >= 11 is 0. The Bertz CT molecular complexity index is 2210. The predicted octanol–water partition coefficient (Wildman–Crippen LogP) is 8.25. The van der Waals surface area contributed by atoms with E-state index in [2.05, 4.69) is 10.3 Å². The Morgan fingerprint density at radius 1 is 0.569 bits per heavy atom. The van der Waals surface area contributed by atoms with Gasteiger partial charge in [0.15, 0.2) is 0 Å². The second kappa shape index (κ2) is 25.6. The molecule has 0 amide bonds. The zero-order chi connectivity index (χ0) is 47.4. The second-order valence-corrected chi connectivity index (χ2v) is 16.2. The van der Waals surface area contributed by atoms with Gasteiger partial charge in [-0.15, -0.1) is 5.10 Å². The Kier molecular flexibility index (Phi) is 20.0. The number of hydrogen-bond donors (Lipinski definition) is 6. The zero-order valence-electron chi connectivity index (χ0n) is 36.8. The predicted molar refractivity (Wildman–Crippen MR) is 235 cm³/mol. The smallest absolute Gasteiger partial charge is 0.339 e. The van der Waals surface area contributed by atoms with E-state index in [0.717, 1.165) is 69.1 Å². The van der Waals surface area contributed by atoms with E-state index in [9.17, 15) is 49.5 Å². The number of nitrogens with zero attached hydrogens (tertiary/aromatic N) is 3. The van der Waals surface area contributed by atoms with Crippen LogP contribution in [0.15, 0.2) is 60.8 Å². The SMILES string of the molecule is CC(C)(CC(c1ccccc1)n1cc(COc2cc(C(=O)O)c(OCCCCCCCCOc3cc(C(=O)O)c(OCCCCCCCCO)cc3C(=O)O)cc2C(=O)O)nn1)C(=O)O. The molecule has 0 fully saturated rings. The number of ether oxygens (including phenoxy) is 4. The molecule has 0 saturated carbocycles. The molecule has 3 aromatic carbocycles. The molecule has 1 heterocycles. The van der Waals surface area contributed by atoms with Crippen LogP contribution in [-0.4, -0.2) is 102 Å². The highest BCUT2D eigenvalue weighted by Gasteiger charge is 2.33. The van der Waals surface area contributed by atoms with Crippen molar-refractivity contribution in [3.05, 3.63) is 94.3 Å². The number of aromatic carboxylic acids is 4. The maximum Gasteiger partial charge on any atom is 0.339 e. The van der Waals surface area contributed by atoms with Crippen molar-refractivity contribution >= 4 is 29.8 Å². The molecule has 4 aromatic rings. The van der Waals surface area contributed by atoms with E-state index in [1.54, 1.807) is 20.0 Å². The molecule has 0 bridgehead atoms. The first-order chi connectivity index (χ1) is 31.1. The van der Waals surface area contributed by atoms with Crippen molar-refractivity contribution in [2.45, 2.75) is 110 Å². The third-order valence-electron chi connectivity index (χ3n) is 10.7. The minimum Gasteiger partial charge on any atom is -0.493 e. The van der Waals surface area contributed by atoms with Gasteiger partial charge in [-0.25, -0.2) is 23.9 Å². The lowest BCUT2D eigenvalue weighted by atomic mass is 9.83. The minimum absolute atomic E-state index is 0.0380. The molecule has 352 valence electrons. The summed E-state index contributed by atoms with van der Waals surface area (Å²) in [7, 11) is 0. The number of aliphatic carboxylic acids is 1. The van der Waals surface area contributed by atoms with Crippen LogP contribution in [0.3, 0.4) is 0 Å². The van der Waals surface area contributed by atoms with Crippen molar-refractivity contribution in [2.75, 3.05) is 26.4 Å². The van der Waals surface area contributed by atoms with E-state index >= 15 is 0 Å². The molecule has 18 heteroatoms. The molecule has 1 atom stereocenters. The van der Waals surface area contributed by atoms with Crippen LogP contribution in [0.5, 0.6) is 23.0 Å². The van der Waals surface area contributed by atoms with Crippen molar-refractivity contribution in [3.8, 4) is 23.0 Å². The summed E-state index contributed by atoms with van der Waals surface area (Å²) in [6, 6.07) is 13.3. The molecule has 0 aliphatic carbocycles. The fourth-order valence-electron chi connectivity index (χ4n) is 6.94. The Morgan fingerprint density at radius 2 is 0.954 bits per heavy atom. The summed E-state index contributed by atoms with van der Waals surface area (Å²) in [6.45, 7) is 3.64.